The predicted molar refractivity (Wildman–Crippen MR) is 84.4 cm³/mol. The highest BCUT2D eigenvalue weighted by atomic mass is 35.5. The molecule has 4 nitrogen and oxygen atoms in total. The first-order valence-corrected chi connectivity index (χ1v) is 7.21. The molecule has 21 heavy (non-hydrogen) atoms. The molecule has 0 bridgehead atoms. The Morgan fingerprint density at radius 1 is 1.05 bits per heavy atom. The molecule has 4 aromatic rings. The lowest BCUT2D eigenvalue weighted by atomic mass is 10.2. The number of aromatic amines is 1. The predicted octanol–water partition coefficient (Wildman–Crippen LogP) is 3.48. The average molecular weight is 314 g/mol. The molecule has 6 heteroatoms. The quantitative estimate of drug-likeness (QED) is 0.332. The van der Waals surface area contributed by atoms with Gasteiger partial charge in [-0.15, -0.1) is 9.67 Å². The van der Waals surface area contributed by atoms with Gasteiger partial charge in [-0.1, -0.05) is 30.3 Å². The van der Waals surface area contributed by atoms with E-state index in [1.165, 1.54) is 0 Å². The second-order valence-corrected chi connectivity index (χ2v) is 5.35. The van der Waals surface area contributed by atoms with Gasteiger partial charge < -0.3 is 0 Å². The van der Waals surface area contributed by atoms with Crippen LogP contribution in [0.4, 0.5) is 0 Å². The molecule has 2 heterocycles. The molecule has 0 saturated carbocycles. The number of halogens is 1. The van der Waals surface area contributed by atoms with Crippen molar-refractivity contribution in [2.45, 2.75) is 0 Å². The summed E-state index contributed by atoms with van der Waals surface area (Å²) in [7, 11) is 0. The maximum Gasteiger partial charge on any atom is 0.310 e. The largest absolute Gasteiger partial charge is 0.310 e. The van der Waals surface area contributed by atoms with Crippen molar-refractivity contribution >= 4 is 40.4 Å². The van der Waals surface area contributed by atoms with Crippen molar-refractivity contribution in [1.82, 2.24) is 14.8 Å². The highest BCUT2D eigenvalue weighted by molar-refractivity contribution is 7.71. The van der Waals surface area contributed by atoms with Crippen molar-refractivity contribution in [2.24, 2.45) is 0 Å². The summed E-state index contributed by atoms with van der Waals surface area (Å²) in [6, 6.07) is 17.7. The summed E-state index contributed by atoms with van der Waals surface area (Å²) in [6.07, 6.45) is 0. The van der Waals surface area contributed by atoms with Crippen molar-refractivity contribution in [1.29, 1.82) is 0 Å². The molecule has 0 spiro atoms. The molecule has 0 amide bonds. The van der Waals surface area contributed by atoms with Gasteiger partial charge in [-0.25, -0.2) is 0 Å². The van der Waals surface area contributed by atoms with Gasteiger partial charge in [-0.3, -0.25) is 0 Å². The molecule has 102 valence electrons. The van der Waals surface area contributed by atoms with E-state index in [2.05, 4.69) is 10.1 Å². The minimum absolute atomic E-state index is 0.347. The standard InChI is InChI=1S/C15H9ClN4S/c16-14-17-12-9-5-4-8-11(12)13-18-20(15(21)19(13)14)10-6-2-1-3-7-10/h1-9H/p+1. The molecule has 0 saturated heterocycles. The third kappa shape index (κ3) is 1.86. The van der Waals surface area contributed by atoms with Gasteiger partial charge in [0.2, 0.25) is 5.65 Å². The van der Waals surface area contributed by atoms with Crippen LogP contribution in [0.15, 0.2) is 54.6 Å². The molecule has 0 aliphatic rings. The normalized spacial score (nSPS) is 11.3. The molecule has 0 unspecified atom stereocenters. The number of hydrogen-bond donors (Lipinski definition) is 1. The van der Waals surface area contributed by atoms with E-state index in [4.69, 9.17) is 23.8 Å². The van der Waals surface area contributed by atoms with Crippen LogP contribution in [0.3, 0.4) is 0 Å². The first kappa shape index (κ1) is 12.5. The van der Waals surface area contributed by atoms with Crippen LogP contribution >= 0.6 is 23.8 Å². The zero-order chi connectivity index (χ0) is 14.4. The highest BCUT2D eigenvalue weighted by Crippen LogP contribution is 2.17. The number of fused-ring (bicyclic) bond motifs is 3. The molecule has 0 aliphatic heterocycles. The maximum absolute atomic E-state index is 6.29. The first-order chi connectivity index (χ1) is 10.3. The maximum atomic E-state index is 6.29. The zero-order valence-electron chi connectivity index (χ0n) is 10.8. The summed E-state index contributed by atoms with van der Waals surface area (Å²) in [4.78, 5) is 4.40. The van der Waals surface area contributed by atoms with Gasteiger partial charge >= 0.3 is 10.1 Å². The lowest BCUT2D eigenvalue weighted by molar-refractivity contribution is -0.520. The number of hydrogen-bond acceptors (Lipinski definition) is 2. The average Bonchev–Trinajstić information content (AvgIpc) is 2.87. The summed E-state index contributed by atoms with van der Waals surface area (Å²) in [6.45, 7) is 0. The summed E-state index contributed by atoms with van der Waals surface area (Å²) in [5, 5.41) is 4.64. The Hall–Kier alpha value is -2.24. The minimum Gasteiger partial charge on any atom is -0.181 e. The number of aromatic nitrogens is 4. The van der Waals surface area contributed by atoms with E-state index in [-0.39, 0.29) is 0 Å². The van der Waals surface area contributed by atoms with E-state index in [1.807, 2.05) is 59.3 Å². The lowest BCUT2D eigenvalue weighted by Gasteiger charge is -1.94. The van der Waals surface area contributed by atoms with E-state index in [0.717, 1.165) is 22.2 Å². The highest BCUT2D eigenvalue weighted by Gasteiger charge is 2.19. The number of para-hydroxylation sites is 2. The Balaban J connectivity index is 2.18. The fraction of sp³-hybridized carbons (Fsp3) is 0. The monoisotopic (exact) mass is 313 g/mol. The molecular formula is C15H10ClN4S+. The van der Waals surface area contributed by atoms with Crippen molar-refractivity contribution < 1.29 is 4.40 Å². The van der Waals surface area contributed by atoms with Crippen LogP contribution in [0.1, 0.15) is 0 Å². The SMILES string of the molecule is S=c1n(-c2ccccc2)[nH]c2c3ccccc3nc(Cl)[n+]12. The van der Waals surface area contributed by atoms with Crippen molar-refractivity contribution in [3.63, 3.8) is 0 Å². The van der Waals surface area contributed by atoms with Crippen LogP contribution in [-0.2, 0) is 0 Å². The van der Waals surface area contributed by atoms with E-state index < -0.39 is 0 Å². The molecule has 0 aliphatic carbocycles. The molecule has 0 fully saturated rings. The van der Waals surface area contributed by atoms with E-state index in [9.17, 15) is 0 Å². The summed E-state index contributed by atoms with van der Waals surface area (Å²) >= 11 is 11.8. The number of rotatable bonds is 1. The fourth-order valence-corrected chi connectivity index (χ4v) is 3.06. The molecule has 2 aromatic heterocycles. The van der Waals surface area contributed by atoms with Gasteiger partial charge in [-0.05, 0) is 48.1 Å². The second-order valence-electron chi connectivity index (χ2n) is 4.65. The molecule has 0 radical (unpaired) electrons. The smallest absolute Gasteiger partial charge is 0.181 e. The molecule has 0 atom stereocenters. The Morgan fingerprint density at radius 3 is 2.57 bits per heavy atom. The summed E-state index contributed by atoms with van der Waals surface area (Å²) < 4.78 is 4.12. The molecule has 2 aromatic carbocycles. The van der Waals surface area contributed by atoms with Gasteiger partial charge in [0.15, 0.2) is 0 Å². The van der Waals surface area contributed by atoms with Crippen LogP contribution in [0.5, 0.6) is 0 Å². The van der Waals surface area contributed by atoms with Crippen LogP contribution in [0.2, 0.25) is 5.28 Å². The van der Waals surface area contributed by atoms with Gasteiger partial charge in [0.05, 0.1) is 5.39 Å². The van der Waals surface area contributed by atoms with Crippen molar-refractivity contribution in [3.05, 3.63) is 64.7 Å². The second kappa shape index (κ2) is 4.65. The van der Waals surface area contributed by atoms with Crippen LogP contribution in [-0.4, -0.2) is 14.8 Å². The Morgan fingerprint density at radius 2 is 1.76 bits per heavy atom. The summed E-state index contributed by atoms with van der Waals surface area (Å²) in [5.41, 5.74) is 2.62. The fourth-order valence-electron chi connectivity index (χ4n) is 2.42. The molecular weight excluding hydrogens is 304 g/mol. The van der Waals surface area contributed by atoms with Crippen LogP contribution in [0, 0.1) is 4.77 Å². The first-order valence-electron chi connectivity index (χ1n) is 6.42. The number of nitrogens with zero attached hydrogens (tertiary/aromatic N) is 3. The lowest BCUT2D eigenvalue weighted by Crippen LogP contribution is -2.24. The van der Waals surface area contributed by atoms with E-state index in [0.29, 0.717) is 10.1 Å². The Bertz CT molecular complexity index is 1020. The van der Waals surface area contributed by atoms with E-state index >= 15 is 0 Å². The number of nitrogens with one attached hydrogen (secondary N) is 1. The van der Waals surface area contributed by atoms with E-state index in [1.54, 1.807) is 4.40 Å². The molecule has 4 rings (SSSR count). The topological polar surface area (TPSA) is 37.7 Å². The van der Waals surface area contributed by atoms with Crippen LogP contribution < -0.4 is 4.40 Å². The summed E-state index contributed by atoms with van der Waals surface area (Å²) in [5.74, 6) is 0. The molecule has 1 N–H and O–H groups in total. The van der Waals surface area contributed by atoms with Crippen molar-refractivity contribution in [2.75, 3.05) is 0 Å². The Kier molecular flexibility index (Phi) is 2.77. The third-order valence-corrected chi connectivity index (χ3v) is 4.01. The van der Waals surface area contributed by atoms with Crippen LogP contribution in [0.25, 0.3) is 22.2 Å². The minimum atomic E-state index is 0.347. The Labute approximate surface area is 130 Å². The van der Waals surface area contributed by atoms with Gasteiger partial charge in [-0.2, -0.15) is 9.50 Å². The van der Waals surface area contributed by atoms with Gasteiger partial charge in [0, 0.05) is 0 Å². The van der Waals surface area contributed by atoms with Crippen molar-refractivity contribution in [3.8, 4) is 5.69 Å². The third-order valence-electron chi connectivity index (χ3n) is 3.39. The van der Waals surface area contributed by atoms with Gasteiger partial charge in [0.1, 0.15) is 11.2 Å². The number of H-pyrrole nitrogens is 1. The zero-order valence-corrected chi connectivity index (χ0v) is 12.4. The van der Waals surface area contributed by atoms with Gasteiger partial charge in [0.25, 0.3) is 0 Å². The number of benzene rings is 2.